The Labute approximate surface area is 93.6 Å². The fourth-order valence-electron chi connectivity index (χ4n) is 0.953. The molecule has 14 heavy (non-hydrogen) atoms. The zero-order valence-electron chi connectivity index (χ0n) is 7.55. The van der Waals surface area contributed by atoms with Crippen molar-refractivity contribution >= 4 is 22.6 Å². The molecule has 0 aliphatic heterocycles. The summed E-state index contributed by atoms with van der Waals surface area (Å²) in [5, 5.41) is 0. The van der Waals surface area contributed by atoms with Crippen molar-refractivity contribution in [3.63, 3.8) is 0 Å². The first-order valence-corrected chi connectivity index (χ1v) is 4.74. The van der Waals surface area contributed by atoms with E-state index in [1.807, 2.05) is 22.6 Å². The Kier molecular flexibility index (Phi) is 3.85. The average Bonchev–Trinajstić information content (AvgIpc) is 2.16. The summed E-state index contributed by atoms with van der Waals surface area (Å²) < 4.78 is 35.2. The van der Waals surface area contributed by atoms with Gasteiger partial charge in [0.25, 0.3) is 6.43 Å². The van der Waals surface area contributed by atoms with E-state index in [9.17, 15) is 8.78 Å². The van der Waals surface area contributed by atoms with Gasteiger partial charge in [-0.1, -0.05) is 0 Å². The Morgan fingerprint density at radius 1 is 1.36 bits per heavy atom. The molecular formula is C8H8F2INO2. The summed E-state index contributed by atoms with van der Waals surface area (Å²) in [6, 6.07) is 1.53. The van der Waals surface area contributed by atoms with E-state index >= 15 is 0 Å². The third kappa shape index (κ3) is 2.23. The summed E-state index contributed by atoms with van der Waals surface area (Å²) in [5.74, 6) is 0.256. The maximum absolute atomic E-state index is 12.5. The predicted molar refractivity (Wildman–Crippen MR) is 55.0 cm³/mol. The Hall–Kier alpha value is -0.660. The van der Waals surface area contributed by atoms with Crippen LogP contribution in [0.3, 0.4) is 0 Å². The maximum atomic E-state index is 12.5. The zero-order chi connectivity index (χ0) is 10.7. The Morgan fingerprint density at radius 3 is 2.43 bits per heavy atom. The van der Waals surface area contributed by atoms with Crippen LogP contribution in [0, 0.1) is 3.57 Å². The first kappa shape index (κ1) is 11.4. The first-order valence-electron chi connectivity index (χ1n) is 3.66. The number of pyridine rings is 1. The zero-order valence-corrected chi connectivity index (χ0v) is 9.71. The maximum Gasteiger partial charge on any atom is 0.284 e. The van der Waals surface area contributed by atoms with Crippen LogP contribution in [0.1, 0.15) is 12.1 Å². The van der Waals surface area contributed by atoms with Crippen LogP contribution in [-0.4, -0.2) is 19.2 Å². The lowest BCUT2D eigenvalue weighted by Crippen LogP contribution is -2.01. The van der Waals surface area contributed by atoms with Crippen LogP contribution in [-0.2, 0) is 0 Å². The Morgan fingerprint density at radius 2 is 2.00 bits per heavy atom. The number of rotatable bonds is 3. The molecule has 0 amide bonds. The van der Waals surface area contributed by atoms with Crippen molar-refractivity contribution in [2.45, 2.75) is 6.43 Å². The van der Waals surface area contributed by atoms with E-state index in [0.717, 1.165) is 0 Å². The van der Waals surface area contributed by atoms with E-state index in [-0.39, 0.29) is 11.6 Å². The minimum absolute atomic E-state index is 0.0985. The molecule has 0 spiro atoms. The van der Waals surface area contributed by atoms with Crippen LogP contribution < -0.4 is 9.47 Å². The van der Waals surface area contributed by atoms with Crippen LogP contribution in [0.15, 0.2) is 6.07 Å². The molecule has 78 valence electrons. The molecule has 0 aromatic carbocycles. The predicted octanol–water partition coefficient (Wildman–Crippen LogP) is 2.64. The van der Waals surface area contributed by atoms with Gasteiger partial charge in [-0.3, -0.25) is 0 Å². The summed E-state index contributed by atoms with van der Waals surface area (Å²) in [7, 11) is 2.71. The Balaban J connectivity index is 3.28. The van der Waals surface area contributed by atoms with E-state index in [1.165, 1.54) is 20.3 Å². The van der Waals surface area contributed by atoms with Crippen LogP contribution in [0.25, 0.3) is 0 Å². The van der Waals surface area contributed by atoms with E-state index in [2.05, 4.69) is 4.98 Å². The third-order valence-corrected chi connectivity index (χ3v) is 2.35. The SMILES string of the molecule is COc1cc(I)c(OC)c(C(F)F)n1. The van der Waals surface area contributed by atoms with Gasteiger partial charge in [-0.15, -0.1) is 0 Å². The van der Waals surface area contributed by atoms with Crippen molar-refractivity contribution in [2.24, 2.45) is 0 Å². The van der Waals surface area contributed by atoms with Crippen molar-refractivity contribution in [1.82, 2.24) is 4.98 Å². The number of hydrogen-bond donors (Lipinski definition) is 0. The number of halogens is 3. The van der Waals surface area contributed by atoms with E-state index in [0.29, 0.717) is 3.57 Å². The van der Waals surface area contributed by atoms with Gasteiger partial charge in [-0.2, -0.15) is 0 Å². The van der Waals surface area contributed by atoms with Crippen molar-refractivity contribution < 1.29 is 18.3 Å². The van der Waals surface area contributed by atoms with Crippen molar-refractivity contribution in [3.05, 3.63) is 15.3 Å². The third-order valence-electron chi connectivity index (χ3n) is 1.55. The summed E-state index contributed by atoms with van der Waals surface area (Å²) in [6.07, 6.45) is -2.67. The Bertz CT molecular complexity index is 333. The highest BCUT2D eigenvalue weighted by Gasteiger charge is 2.20. The van der Waals surface area contributed by atoms with E-state index in [1.54, 1.807) is 0 Å². The molecule has 1 aromatic heterocycles. The van der Waals surface area contributed by atoms with Gasteiger partial charge in [-0.05, 0) is 22.6 Å². The second-order valence-corrected chi connectivity index (χ2v) is 3.53. The molecule has 0 aliphatic carbocycles. The highest BCUT2D eigenvalue weighted by molar-refractivity contribution is 14.1. The number of hydrogen-bond acceptors (Lipinski definition) is 3. The fraction of sp³-hybridized carbons (Fsp3) is 0.375. The highest BCUT2D eigenvalue weighted by Crippen LogP contribution is 2.33. The first-order chi connectivity index (χ1) is 6.60. The molecule has 1 rings (SSSR count). The molecule has 0 N–H and O–H groups in total. The van der Waals surface area contributed by atoms with Crippen LogP contribution in [0.5, 0.6) is 11.6 Å². The molecule has 3 nitrogen and oxygen atoms in total. The highest BCUT2D eigenvalue weighted by atomic mass is 127. The van der Waals surface area contributed by atoms with Crippen molar-refractivity contribution in [3.8, 4) is 11.6 Å². The monoisotopic (exact) mass is 315 g/mol. The van der Waals surface area contributed by atoms with Gasteiger partial charge in [0.05, 0.1) is 17.8 Å². The second kappa shape index (κ2) is 4.72. The molecule has 0 aliphatic rings. The van der Waals surface area contributed by atoms with Gasteiger partial charge in [-0.25, -0.2) is 13.8 Å². The van der Waals surface area contributed by atoms with Gasteiger partial charge < -0.3 is 9.47 Å². The molecule has 0 saturated carbocycles. The number of ether oxygens (including phenoxy) is 2. The van der Waals surface area contributed by atoms with Crippen LogP contribution >= 0.6 is 22.6 Å². The molecule has 0 fully saturated rings. The molecule has 6 heteroatoms. The lowest BCUT2D eigenvalue weighted by atomic mass is 10.3. The summed E-state index contributed by atoms with van der Waals surface area (Å²) in [4.78, 5) is 3.62. The molecule has 0 radical (unpaired) electrons. The standard InChI is InChI=1S/C8H8F2INO2/c1-13-5-3-4(11)7(14-2)6(12-5)8(9)10/h3,8H,1-2H3. The number of nitrogens with zero attached hydrogens (tertiary/aromatic N) is 1. The molecule has 0 unspecified atom stereocenters. The second-order valence-electron chi connectivity index (χ2n) is 2.37. The van der Waals surface area contributed by atoms with E-state index < -0.39 is 12.1 Å². The number of alkyl halides is 2. The number of methoxy groups -OCH3 is 2. The normalized spacial score (nSPS) is 10.4. The topological polar surface area (TPSA) is 31.4 Å². The quantitative estimate of drug-likeness (QED) is 0.804. The van der Waals surface area contributed by atoms with Crippen molar-refractivity contribution in [1.29, 1.82) is 0 Å². The van der Waals surface area contributed by atoms with Crippen LogP contribution in [0.4, 0.5) is 8.78 Å². The molecule has 0 atom stereocenters. The van der Waals surface area contributed by atoms with E-state index in [4.69, 9.17) is 9.47 Å². The van der Waals surface area contributed by atoms with Crippen molar-refractivity contribution in [2.75, 3.05) is 14.2 Å². The minimum Gasteiger partial charge on any atom is -0.493 e. The van der Waals surface area contributed by atoms with Gasteiger partial charge >= 0.3 is 0 Å². The molecule has 1 heterocycles. The number of aromatic nitrogens is 1. The molecule has 1 aromatic rings. The molecular weight excluding hydrogens is 307 g/mol. The van der Waals surface area contributed by atoms with Gasteiger partial charge in [0.15, 0.2) is 11.4 Å². The van der Waals surface area contributed by atoms with Crippen LogP contribution in [0.2, 0.25) is 0 Å². The summed E-state index contributed by atoms with van der Waals surface area (Å²) in [5.41, 5.74) is -0.392. The summed E-state index contributed by atoms with van der Waals surface area (Å²) >= 11 is 1.89. The molecule has 0 saturated heterocycles. The summed E-state index contributed by atoms with van der Waals surface area (Å²) in [6.45, 7) is 0. The largest absolute Gasteiger partial charge is 0.493 e. The smallest absolute Gasteiger partial charge is 0.284 e. The fourth-order valence-corrected chi connectivity index (χ4v) is 1.72. The minimum atomic E-state index is -2.67. The van der Waals surface area contributed by atoms with Gasteiger partial charge in [0.2, 0.25) is 5.88 Å². The molecule has 0 bridgehead atoms. The van der Waals surface area contributed by atoms with Gasteiger partial charge in [0.1, 0.15) is 0 Å². The lowest BCUT2D eigenvalue weighted by molar-refractivity contribution is 0.140. The van der Waals surface area contributed by atoms with Gasteiger partial charge in [0, 0.05) is 6.07 Å². The average molecular weight is 315 g/mol. The lowest BCUT2D eigenvalue weighted by Gasteiger charge is -2.10.